The maximum absolute atomic E-state index is 13.0. The minimum absolute atomic E-state index is 0.327. The largest absolute Gasteiger partial charge is 0.357 e. The zero-order valence-corrected chi connectivity index (χ0v) is 19.7. The first-order valence-corrected chi connectivity index (χ1v) is 11.6. The Morgan fingerprint density at radius 2 is 1.62 bits per heavy atom. The third-order valence-electron chi connectivity index (χ3n) is 5.82. The van der Waals surface area contributed by atoms with E-state index in [0.29, 0.717) is 33.5 Å². The molecule has 7 nitrogen and oxygen atoms in total. The van der Waals surface area contributed by atoms with Crippen LogP contribution in [0, 0.1) is 12.3 Å². The maximum Gasteiger partial charge on any atom is 0.258 e. The summed E-state index contributed by atoms with van der Waals surface area (Å²) in [5.74, 6) is 0.128. The molecule has 2 amide bonds. The number of rotatable bonds is 5. The third-order valence-corrected chi connectivity index (χ3v) is 6.04. The summed E-state index contributed by atoms with van der Waals surface area (Å²) in [6.45, 7) is 3.62. The van der Waals surface area contributed by atoms with Crippen LogP contribution in [0.25, 0.3) is 0 Å². The Labute approximate surface area is 203 Å². The summed E-state index contributed by atoms with van der Waals surface area (Å²) in [4.78, 5) is 32.0. The first-order chi connectivity index (χ1) is 16.4. The number of amides is 2. The molecule has 0 unspecified atom stereocenters. The highest BCUT2D eigenvalue weighted by molar-refractivity contribution is 6.30. The van der Waals surface area contributed by atoms with E-state index < -0.39 is 0 Å². The number of anilines is 2. The van der Waals surface area contributed by atoms with Gasteiger partial charge in [0.25, 0.3) is 11.8 Å². The standard InChI is InChI=1S/C26H26ClN5O2/c1-17-6-5-7-21(26(34)30-22-13-12-20(27)16-29-22)23(17)31-25(33)19-10-8-18(9-11-19)24(28)32-14-3-2-4-15-32/h5-13,16,28H,2-4,14-15H2,1H3,(H,31,33)(H,29,30,34). The SMILES string of the molecule is Cc1cccc(C(=O)Nc2ccc(Cl)cn2)c1NC(=O)c1ccc(C(=N)N2CCCCC2)cc1. The minimum Gasteiger partial charge on any atom is -0.357 e. The predicted octanol–water partition coefficient (Wildman–Crippen LogP) is 5.36. The highest BCUT2D eigenvalue weighted by atomic mass is 35.5. The van der Waals surface area contributed by atoms with Gasteiger partial charge in [-0.1, -0.05) is 35.9 Å². The Hall–Kier alpha value is -3.71. The zero-order chi connectivity index (χ0) is 24.1. The first-order valence-electron chi connectivity index (χ1n) is 11.2. The highest BCUT2D eigenvalue weighted by Gasteiger charge is 2.18. The van der Waals surface area contributed by atoms with E-state index in [1.165, 1.54) is 12.6 Å². The fourth-order valence-corrected chi connectivity index (χ4v) is 4.03. The van der Waals surface area contributed by atoms with Crippen LogP contribution in [0.15, 0.2) is 60.8 Å². The van der Waals surface area contributed by atoms with E-state index in [0.717, 1.165) is 37.1 Å². The molecule has 4 rings (SSSR count). The summed E-state index contributed by atoms with van der Waals surface area (Å²) in [6.07, 6.45) is 4.86. The van der Waals surface area contributed by atoms with Gasteiger partial charge in [0.05, 0.1) is 16.3 Å². The summed E-state index contributed by atoms with van der Waals surface area (Å²) in [7, 11) is 0. The Morgan fingerprint density at radius 3 is 2.29 bits per heavy atom. The van der Waals surface area contributed by atoms with Gasteiger partial charge in [0.15, 0.2) is 0 Å². The van der Waals surface area contributed by atoms with Gasteiger partial charge in [-0.25, -0.2) is 4.98 Å². The topological polar surface area (TPSA) is 98.2 Å². The first kappa shape index (κ1) is 23.4. The Bertz CT molecular complexity index is 1200. The van der Waals surface area contributed by atoms with Crippen molar-refractivity contribution >= 4 is 40.8 Å². The molecule has 3 aromatic rings. The molecule has 34 heavy (non-hydrogen) atoms. The van der Waals surface area contributed by atoms with Crippen molar-refractivity contribution in [2.75, 3.05) is 23.7 Å². The molecule has 1 aliphatic heterocycles. The van der Waals surface area contributed by atoms with Crippen LogP contribution in [0.1, 0.15) is 51.1 Å². The van der Waals surface area contributed by atoms with Crippen LogP contribution in [0.2, 0.25) is 5.02 Å². The van der Waals surface area contributed by atoms with Gasteiger partial charge in [0.1, 0.15) is 11.7 Å². The lowest BCUT2D eigenvalue weighted by Crippen LogP contribution is -2.35. The predicted molar refractivity (Wildman–Crippen MR) is 135 cm³/mol. The molecule has 0 radical (unpaired) electrons. The molecule has 2 heterocycles. The number of aryl methyl sites for hydroxylation is 1. The lowest BCUT2D eigenvalue weighted by molar-refractivity contribution is 0.102. The van der Waals surface area contributed by atoms with E-state index >= 15 is 0 Å². The van der Waals surface area contributed by atoms with E-state index in [9.17, 15) is 9.59 Å². The number of piperidine rings is 1. The summed E-state index contributed by atoms with van der Waals surface area (Å²) in [5.41, 5.74) is 2.75. The van der Waals surface area contributed by atoms with Crippen LogP contribution in [0.3, 0.4) is 0 Å². The fraction of sp³-hybridized carbons (Fsp3) is 0.231. The molecular formula is C26H26ClN5O2. The number of para-hydroxylation sites is 1. The lowest BCUT2D eigenvalue weighted by atomic mass is 10.1. The summed E-state index contributed by atoms with van der Waals surface area (Å²) >= 11 is 5.86. The average molecular weight is 476 g/mol. The number of nitrogens with one attached hydrogen (secondary N) is 3. The summed E-state index contributed by atoms with van der Waals surface area (Å²) < 4.78 is 0. The van der Waals surface area contributed by atoms with E-state index in [1.807, 2.05) is 13.0 Å². The second-order valence-corrected chi connectivity index (χ2v) is 8.68. The van der Waals surface area contributed by atoms with Gasteiger partial charge >= 0.3 is 0 Å². The molecule has 0 saturated carbocycles. The second-order valence-electron chi connectivity index (χ2n) is 8.24. The molecule has 3 N–H and O–H groups in total. The van der Waals surface area contributed by atoms with Crippen LogP contribution in [0.5, 0.6) is 0 Å². The number of amidine groups is 1. The second kappa shape index (κ2) is 10.5. The lowest BCUT2D eigenvalue weighted by Gasteiger charge is -2.29. The molecule has 2 aromatic carbocycles. The molecule has 1 aromatic heterocycles. The van der Waals surface area contributed by atoms with E-state index in [-0.39, 0.29) is 11.8 Å². The van der Waals surface area contributed by atoms with Crippen molar-refractivity contribution in [3.05, 3.63) is 88.1 Å². The molecule has 1 aliphatic rings. The number of hydrogen-bond acceptors (Lipinski definition) is 4. The Kier molecular flexibility index (Phi) is 7.23. The monoisotopic (exact) mass is 475 g/mol. The average Bonchev–Trinajstić information content (AvgIpc) is 2.86. The van der Waals surface area contributed by atoms with E-state index in [1.54, 1.807) is 48.5 Å². The molecule has 1 saturated heterocycles. The van der Waals surface area contributed by atoms with E-state index in [4.69, 9.17) is 17.0 Å². The van der Waals surface area contributed by atoms with Crippen molar-refractivity contribution in [2.45, 2.75) is 26.2 Å². The summed E-state index contributed by atoms with van der Waals surface area (Å²) in [5, 5.41) is 14.5. The number of aromatic nitrogens is 1. The van der Waals surface area contributed by atoms with Gasteiger partial charge in [0, 0.05) is 30.4 Å². The number of benzene rings is 2. The number of nitrogens with zero attached hydrogens (tertiary/aromatic N) is 2. The molecule has 0 atom stereocenters. The van der Waals surface area contributed by atoms with Crippen LogP contribution in [-0.2, 0) is 0 Å². The van der Waals surface area contributed by atoms with Gasteiger partial charge in [-0.2, -0.15) is 0 Å². The normalized spacial score (nSPS) is 13.3. The number of hydrogen-bond donors (Lipinski definition) is 3. The van der Waals surface area contributed by atoms with Crippen molar-refractivity contribution in [3.8, 4) is 0 Å². The number of likely N-dealkylation sites (tertiary alicyclic amines) is 1. The molecule has 0 aliphatic carbocycles. The number of pyridine rings is 1. The van der Waals surface area contributed by atoms with Crippen LogP contribution < -0.4 is 10.6 Å². The number of carbonyl (C=O) groups excluding carboxylic acids is 2. The van der Waals surface area contributed by atoms with Gasteiger partial charge in [-0.15, -0.1) is 0 Å². The third kappa shape index (κ3) is 5.43. The zero-order valence-electron chi connectivity index (χ0n) is 18.9. The van der Waals surface area contributed by atoms with Crippen LogP contribution in [0.4, 0.5) is 11.5 Å². The smallest absolute Gasteiger partial charge is 0.258 e. The number of halogens is 1. The van der Waals surface area contributed by atoms with Crippen molar-refractivity contribution in [1.29, 1.82) is 5.41 Å². The van der Waals surface area contributed by atoms with Crippen molar-refractivity contribution < 1.29 is 9.59 Å². The van der Waals surface area contributed by atoms with Gasteiger partial charge in [0.2, 0.25) is 0 Å². The van der Waals surface area contributed by atoms with Gasteiger partial charge in [-0.05, 0) is 62.1 Å². The maximum atomic E-state index is 13.0. The Balaban J connectivity index is 1.49. The van der Waals surface area contributed by atoms with Crippen molar-refractivity contribution in [3.63, 3.8) is 0 Å². The molecule has 8 heteroatoms. The van der Waals surface area contributed by atoms with Crippen LogP contribution >= 0.6 is 11.6 Å². The van der Waals surface area contributed by atoms with Crippen molar-refractivity contribution in [1.82, 2.24) is 9.88 Å². The fourth-order valence-electron chi connectivity index (χ4n) is 3.92. The van der Waals surface area contributed by atoms with Gasteiger partial charge < -0.3 is 15.5 Å². The summed E-state index contributed by atoms with van der Waals surface area (Å²) in [6, 6.07) is 15.5. The molecule has 0 bridgehead atoms. The van der Waals surface area contributed by atoms with Crippen LogP contribution in [-0.4, -0.2) is 40.6 Å². The van der Waals surface area contributed by atoms with E-state index in [2.05, 4.69) is 20.5 Å². The quantitative estimate of drug-likeness (QED) is 0.341. The molecular weight excluding hydrogens is 450 g/mol. The number of carbonyl (C=O) groups is 2. The highest BCUT2D eigenvalue weighted by Crippen LogP contribution is 2.23. The Morgan fingerprint density at radius 1 is 0.912 bits per heavy atom. The molecule has 0 spiro atoms. The molecule has 1 fully saturated rings. The van der Waals surface area contributed by atoms with Crippen molar-refractivity contribution in [2.24, 2.45) is 0 Å². The van der Waals surface area contributed by atoms with Gasteiger partial charge in [-0.3, -0.25) is 15.0 Å². The molecule has 174 valence electrons. The minimum atomic E-state index is -0.390.